The first-order chi connectivity index (χ1) is 30.4. The van der Waals surface area contributed by atoms with Crippen LogP contribution in [0.4, 0.5) is 15.4 Å². The molecule has 17 heteroatoms. The third-order valence-corrected chi connectivity index (χ3v) is 8.94. The number of unbranched alkanes of at least 4 members (excludes halogenated alkanes) is 1. The molecule has 3 rings (SSSR count). The summed E-state index contributed by atoms with van der Waals surface area (Å²) in [6.45, 7) is 17.9. The van der Waals surface area contributed by atoms with Crippen molar-refractivity contribution < 1.29 is 52.5 Å². The maximum absolute atomic E-state index is 13.4. The van der Waals surface area contributed by atoms with Crippen LogP contribution >= 0.6 is 0 Å². The van der Waals surface area contributed by atoms with Crippen molar-refractivity contribution in [1.82, 2.24) is 26.3 Å². The van der Waals surface area contributed by atoms with Crippen LogP contribution < -0.4 is 26.6 Å². The summed E-state index contributed by atoms with van der Waals surface area (Å²) in [5.74, 6) is -2.82. The highest BCUT2D eigenvalue weighted by molar-refractivity contribution is 6.04. The third-order valence-electron chi connectivity index (χ3n) is 8.94. The number of hydrogen-bond donors (Lipinski definition) is 5. The van der Waals surface area contributed by atoms with Crippen molar-refractivity contribution in [2.45, 2.75) is 150 Å². The average molecular weight is 903 g/mol. The number of rotatable bonds is 20. The minimum Gasteiger partial charge on any atom is -0.460 e. The number of carbonyl (C=O) groups is 7. The summed E-state index contributed by atoms with van der Waals surface area (Å²) in [6, 6.07) is 15.6. The van der Waals surface area contributed by atoms with E-state index < -0.39 is 70.7 Å². The zero-order valence-corrected chi connectivity index (χ0v) is 39.3. The summed E-state index contributed by atoms with van der Waals surface area (Å²) in [6.07, 6.45) is 0.872. The van der Waals surface area contributed by atoms with E-state index in [1.165, 1.54) is 6.07 Å². The Hall–Kier alpha value is -6.52. The number of ether oxygens (including phenoxy) is 4. The van der Waals surface area contributed by atoms with Crippen LogP contribution in [0.25, 0.3) is 0 Å². The van der Waals surface area contributed by atoms with Gasteiger partial charge >= 0.3 is 30.0 Å². The maximum atomic E-state index is 13.4. The Labute approximate surface area is 381 Å². The first kappa shape index (κ1) is 52.8. The number of nitrogens with one attached hydrogen (secondary N) is 5. The molecule has 5 amide bonds. The fourth-order valence-electron chi connectivity index (χ4n) is 5.86. The van der Waals surface area contributed by atoms with Crippen LogP contribution in [-0.2, 0) is 52.9 Å². The van der Waals surface area contributed by atoms with Crippen LogP contribution in [0.1, 0.15) is 139 Å². The number of benzene rings is 2. The van der Waals surface area contributed by atoms with Gasteiger partial charge in [0.15, 0.2) is 0 Å². The fraction of sp³-hybridized carbons (Fsp3) is 0.500. The number of pyridine rings is 1. The summed E-state index contributed by atoms with van der Waals surface area (Å²) in [4.78, 5) is 94.7. The lowest BCUT2D eigenvalue weighted by molar-refractivity contribution is -0.158. The second-order valence-corrected chi connectivity index (χ2v) is 18.3. The second kappa shape index (κ2) is 24.5. The normalized spacial score (nSPS) is 12.4. The maximum Gasteiger partial charge on any atom is 0.407 e. The predicted molar refractivity (Wildman–Crippen MR) is 244 cm³/mol. The molecule has 0 unspecified atom stereocenters. The molecule has 3 aromatic rings. The zero-order valence-electron chi connectivity index (χ0n) is 39.3. The van der Waals surface area contributed by atoms with Gasteiger partial charge in [-0.1, -0.05) is 49.4 Å². The summed E-state index contributed by atoms with van der Waals surface area (Å²) in [5.41, 5.74) is 0.771. The quantitative estimate of drug-likeness (QED) is 0.0436. The summed E-state index contributed by atoms with van der Waals surface area (Å²) in [5, 5.41) is 13.3. The number of alkyl carbamates (subject to hydrolysis) is 1. The topological polar surface area (TPSA) is 229 Å². The minimum absolute atomic E-state index is 0.0387. The molecule has 0 saturated carbocycles. The van der Waals surface area contributed by atoms with Gasteiger partial charge in [0.25, 0.3) is 11.8 Å². The molecule has 0 aliphatic heterocycles. The number of esters is 3. The summed E-state index contributed by atoms with van der Waals surface area (Å²) in [7, 11) is 0. The first-order valence-corrected chi connectivity index (χ1v) is 21.8. The zero-order chi connectivity index (χ0) is 48.4. The van der Waals surface area contributed by atoms with Gasteiger partial charge in [-0.2, -0.15) is 0 Å². The standard InChI is InChI=1S/C48H66N6O11/c1-11-31-18-20-33(21-19-31)30-62-42(58)36(52-44(60)53-37(43(59)64-47(5,6)7)26-27-39(55)63-46(2,3)4)15-12-13-28-49-41(57)35-16-14-17-38(51-35)54-40(56)34-24-22-32(23-25-34)29-50-45(61)65-48(8,9)10/h14,16-25,36-37H,11-13,15,26-30H2,1-10H3,(H,49,57)(H,50,61)(H,51,54,56)(H2,52,53,60)/t36-,37-/m0/s1. The molecular weight excluding hydrogens is 837 g/mol. The smallest absolute Gasteiger partial charge is 0.407 e. The molecule has 0 aliphatic rings. The van der Waals surface area contributed by atoms with Gasteiger partial charge in [-0.15, -0.1) is 0 Å². The van der Waals surface area contributed by atoms with Crippen LogP contribution in [-0.4, -0.2) is 82.3 Å². The van der Waals surface area contributed by atoms with Crippen molar-refractivity contribution in [3.8, 4) is 0 Å². The number of nitrogens with zero attached hydrogens (tertiary/aromatic N) is 1. The molecule has 0 fully saturated rings. The van der Waals surface area contributed by atoms with Gasteiger partial charge in [0, 0.05) is 25.1 Å². The van der Waals surface area contributed by atoms with E-state index in [0.29, 0.717) is 18.4 Å². The summed E-state index contributed by atoms with van der Waals surface area (Å²) >= 11 is 0. The highest BCUT2D eigenvalue weighted by Gasteiger charge is 2.30. The molecule has 17 nitrogen and oxygen atoms in total. The Morgan fingerprint density at radius 3 is 1.80 bits per heavy atom. The highest BCUT2D eigenvalue weighted by atomic mass is 16.6. The Bertz CT molecular complexity index is 2090. The molecule has 0 bridgehead atoms. The van der Waals surface area contributed by atoms with Crippen molar-refractivity contribution in [2.24, 2.45) is 0 Å². The van der Waals surface area contributed by atoms with Crippen molar-refractivity contribution in [3.05, 3.63) is 94.7 Å². The van der Waals surface area contributed by atoms with Gasteiger partial charge < -0.3 is 45.5 Å². The highest BCUT2D eigenvalue weighted by Crippen LogP contribution is 2.16. The monoisotopic (exact) mass is 902 g/mol. The first-order valence-electron chi connectivity index (χ1n) is 21.8. The lowest BCUT2D eigenvalue weighted by Crippen LogP contribution is -2.52. The molecule has 65 heavy (non-hydrogen) atoms. The number of urea groups is 1. The minimum atomic E-state index is -1.24. The molecule has 2 atom stereocenters. The summed E-state index contributed by atoms with van der Waals surface area (Å²) < 4.78 is 21.7. The number of hydrogen-bond acceptors (Lipinski definition) is 12. The van der Waals surface area contributed by atoms with Crippen LogP contribution in [0.2, 0.25) is 0 Å². The van der Waals surface area contributed by atoms with Crippen molar-refractivity contribution in [3.63, 3.8) is 0 Å². The van der Waals surface area contributed by atoms with Crippen molar-refractivity contribution in [2.75, 3.05) is 11.9 Å². The van der Waals surface area contributed by atoms with Gasteiger partial charge in [-0.3, -0.25) is 14.4 Å². The van der Waals surface area contributed by atoms with Gasteiger partial charge in [-0.05, 0) is 135 Å². The number of aromatic nitrogens is 1. The molecule has 0 radical (unpaired) electrons. The molecule has 0 aliphatic carbocycles. The van der Waals surface area contributed by atoms with E-state index in [-0.39, 0.29) is 50.5 Å². The van der Waals surface area contributed by atoms with Crippen molar-refractivity contribution in [1.29, 1.82) is 0 Å². The molecule has 0 spiro atoms. The Morgan fingerprint density at radius 1 is 0.615 bits per heavy atom. The van der Waals surface area contributed by atoms with Crippen LogP contribution in [0, 0.1) is 0 Å². The Morgan fingerprint density at radius 2 is 1.20 bits per heavy atom. The van der Waals surface area contributed by atoms with Gasteiger partial charge in [0.05, 0.1) is 0 Å². The lowest BCUT2D eigenvalue weighted by atomic mass is 10.1. The van der Waals surface area contributed by atoms with Crippen LogP contribution in [0.5, 0.6) is 0 Å². The third kappa shape index (κ3) is 21.1. The van der Waals surface area contributed by atoms with Gasteiger partial charge in [0.1, 0.15) is 47.0 Å². The SMILES string of the molecule is CCc1ccc(COC(=O)[C@H](CCCCNC(=O)c2cccc(NC(=O)c3ccc(CNC(=O)OC(C)(C)C)cc3)n2)NC(=O)N[C@@H](CCC(=O)OC(C)(C)C)C(=O)OC(C)(C)C)cc1. The molecular formula is C48H66N6O11. The number of amides is 5. The van der Waals surface area contributed by atoms with E-state index in [2.05, 4.69) is 31.6 Å². The van der Waals surface area contributed by atoms with Gasteiger partial charge in [0.2, 0.25) is 0 Å². The largest absolute Gasteiger partial charge is 0.460 e. The second-order valence-electron chi connectivity index (χ2n) is 18.3. The van der Waals surface area contributed by atoms with E-state index >= 15 is 0 Å². The molecule has 5 N–H and O–H groups in total. The Kier molecular flexibility index (Phi) is 19.9. The Balaban J connectivity index is 1.60. The van der Waals surface area contributed by atoms with Crippen LogP contribution in [0.3, 0.4) is 0 Å². The molecule has 354 valence electrons. The molecule has 1 heterocycles. The van der Waals surface area contributed by atoms with E-state index in [1.54, 1.807) is 98.7 Å². The van der Waals surface area contributed by atoms with E-state index in [1.807, 2.05) is 31.2 Å². The number of aryl methyl sites for hydroxylation is 1. The van der Waals surface area contributed by atoms with Gasteiger partial charge in [-0.25, -0.2) is 24.2 Å². The van der Waals surface area contributed by atoms with E-state index in [9.17, 15) is 33.6 Å². The number of anilines is 1. The van der Waals surface area contributed by atoms with E-state index in [4.69, 9.17) is 18.9 Å². The molecule has 0 saturated heterocycles. The molecule has 1 aromatic heterocycles. The lowest BCUT2D eigenvalue weighted by Gasteiger charge is -2.26. The van der Waals surface area contributed by atoms with Crippen LogP contribution in [0.15, 0.2) is 66.7 Å². The molecule has 2 aromatic carbocycles. The van der Waals surface area contributed by atoms with Crippen molar-refractivity contribution >= 4 is 47.7 Å². The van der Waals surface area contributed by atoms with E-state index in [0.717, 1.165) is 23.1 Å². The average Bonchev–Trinajstić information content (AvgIpc) is 3.21. The predicted octanol–water partition coefficient (Wildman–Crippen LogP) is 7.06. The fourth-order valence-corrected chi connectivity index (χ4v) is 5.86. The number of carbonyl (C=O) groups excluding carboxylic acids is 7.